The maximum absolute atomic E-state index is 12.4. The van der Waals surface area contributed by atoms with Gasteiger partial charge in [0.05, 0.1) is 6.10 Å². The highest BCUT2D eigenvalue weighted by Crippen LogP contribution is 2.20. The molecule has 0 fully saturated rings. The van der Waals surface area contributed by atoms with Crippen LogP contribution in [-0.2, 0) is 6.67 Å². The summed E-state index contributed by atoms with van der Waals surface area (Å²) in [5.74, 6) is 0. The van der Waals surface area contributed by atoms with Crippen molar-refractivity contribution in [1.82, 2.24) is 0 Å². The summed E-state index contributed by atoms with van der Waals surface area (Å²) in [6, 6.07) is 6.95. The van der Waals surface area contributed by atoms with E-state index in [4.69, 9.17) is 5.73 Å². The Hall–Kier alpha value is -0.930. The maximum Gasteiger partial charge on any atom is 0.115 e. The first-order valence-electron chi connectivity index (χ1n) is 4.31. The van der Waals surface area contributed by atoms with Crippen LogP contribution < -0.4 is 5.73 Å². The molecule has 2 nitrogen and oxygen atoms in total. The van der Waals surface area contributed by atoms with E-state index in [0.29, 0.717) is 24.1 Å². The Balaban J connectivity index is 2.85. The van der Waals surface area contributed by atoms with E-state index in [1.807, 2.05) is 0 Å². The third kappa shape index (κ3) is 2.50. The van der Waals surface area contributed by atoms with Crippen molar-refractivity contribution in [3.05, 3.63) is 35.4 Å². The molecule has 1 aromatic rings. The number of benzene rings is 1. The van der Waals surface area contributed by atoms with Gasteiger partial charge in [0.1, 0.15) is 6.67 Å². The van der Waals surface area contributed by atoms with Crippen LogP contribution in [0.3, 0.4) is 0 Å². The first kappa shape index (κ1) is 10.2. The fraction of sp³-hybridized carbons (Fsp3) is 0.400. The average molecular weight is 183 g/mol. The molecule has 0 heterocycles. The Morgan fingerprint density at radius 1 is 1.38 bits per heavy atom. The molecule has 1 atom stereocenters. The second-order valence-electron chi connectivity index (χ2n) is 2.93. The SMILES string of the molecule is NCCC(O)c1ccccc1CF. The molecule has 1 rings (SSSR count). The lowest BCUT2D eigenvalue weighted by molar-refractivity contribution is 0.168. The molecule has 0 aliphatic rings. The molecule has 0 aliphatic heterocycles. The van der Waals surface area contributed by atoms with Gasteiger partial charge in [-0.2, -0.15) is 0 Å². The highest BCUT2D eigenvalue weighted by Gasteiger charge is 2.10. The molecule has 13 heavy (non-hydrogen) atoms. The minimum absolute atomic E-state index is 0.405. The molecular weight excluding hydrogens is 169 g/mol. The third-order valence-corrected chi connectivity index (χ3v) is 2.00. The largest absolute Gasteiger partial charge is 0.388 e. The molecule has 72 valence electrons. The van der Waals surface area contributed by atoms with Gasteiger partial charge < -0.3 is 10.8 Å². The molecule has 0 saturated heterocycles. The van der Waals surface area contributed by atoms with Crippen LogP contribution in [0.2, 0.25) is 0 Å². The molecule has 0 spiro atoms. The monoisotopic (exact) mass is 183 g/mol. The van der Waals surface area contributed by atoms with E-state index in [2.05, 4.69) is 0 Å². The topological polar surface area (TPSA) is 46.2 Å². The molecule has 0 aliphatic carbocycles. The summed E-state index contributed by atoms with van der Waals surface area (Å²) in [6.45, 7) is -0.139. The van der Waals surface area contributed by atoms with Crippen molar-refractivity contribution >= 4 is 0 Å². The number of aliphatic hydroxyl groups is 1. The summed E-state index contributed by atoms with van der Waals surface area (Å²) in [5.41, 5.74) is 6.50. The summed E-state index contributed by atoms with van der Waals surface area (Å²) < 4.78 is 12.4. The maximum atomic E-state index is 12.4. The normalized spacial score (nSPS) is 12.8. The van der Waals surface area contributed by atoms with Crippen LogP contribution in [-0.4, -0.2) is 11.7 Å². The zero-order valence-electron chi connectivity index (χ0n) is 7.41. The Bertz CT molecular complexity index is 265. The molecule has 0 aromatic heterocycles. The zero-order chi connectivity index (χ0) is 9.68. The summed E-state index contributed by atoms with van der Waals surface area (Å²) in [5, 5.41) is 9.59. The van der Waals surface area contributed by atoms with Gasteiger partial charge in [-0.25, -0.2) is 4.39 Å². The lowest BCUT2D eigenvalue weighted by atomic mass is 10.0. The summed E-state index contributed by atoms with van der Waals surface area (Å²) in [4.78, 5) is 0. The van der Waals surface area contributed by atoms with Crippen LogP contribution in [0, 0.1) is 0 Å². The van der Waals surface area contributed by atoms with Gasteiger partial charge in [-0.3, -0.25) is 0 Å². The molecular formula is C10H14FNO. The molecule has 1 unspecified atom stereocenters. The fourth-order valence-corrected chi connectivity index (χ4v) is 1.29. The second-order valence-corrected chi connectivity index (χ2v) is 2.93. The van der Waals surface area contributed by atoms with Crippen molar-refractivity contribution in [2.24, 2.45) is 5.73 Å². The molecule has 0 amide bonds. The summed E-state index contributed by atoms with van der Waals surface area (Å²) in [6.07, 6.45) is -0.172. The minimum Gasteiger partial charge on any atom is -0.388 e. The number of halogens is 1. The van der Waals surface area contributed by atoms with Crippen LogP contribution in [0.25, 0.3) is 0 Å². The number of rotatable bonds is 4. The van der Waals surface area contributed by atoms with Gasteiger partial charge >= 0.3 is 0 Å². The minimum atomic E-state index is -0.642. The van der Waals surface area contributed by atoms with E-state index < -0.39 is 12.8 Å². The van der Waals surface area contributed by atoms with E-state index >= 15 is 0 Å². The number of hydrogen-bond donors (Lipinski definition) is 2. The number of alkyl halides is 1. The van der Waals surface area contributed by atoms with Crippen molar-refractivity contribution in [1.29, 1.82) is 0 Å². The van der Waals surface area contributed by atoms with E-state index in [9.17, 15) is 9.50 Å². The standard InChI is InChI=1S/C10H14FNO/c11-7-8-3-1-2-4-9(8)10(13)5-6-12/h1-4,10,13H,5-7,12H2. The Labute approximate surface area is 77.2 Å². The second kappa shape index (κ2) is 4.94. The van der Waals surface area contributed by atoms with Gasteiger partial charge in [0, 0.05) is 0 Å². The quantitative estimate of drug-likeness (QED) is 0.743. The van der Waals surface area contributed by atoms with Gasteiger partial charge in [0.25, 0.3) is 0 Å². The molecule has 3 N–H and O–H groups in total. The predicted octanol–water partition coefficient (Wildman–Crippen LogP) is 1.54. The molecule has 0 radical (unpaired) electrons. The lowest BCUT2D eigenvalue weighted by Gasteiger charge is -2.12. The van der Waals surface area contributed by atoms with Crippen molar-refractivity contribution < 1.29 is 9.50 Å². The highest BCUT2D eigenvalue weighted by atomic mass is 19.1. The fourth-order valence-electron chi connectivity index (χ4n) is 1.29. The summed E-state index contributed by atoms with van der Waals surface area (Å²) in [7, 11) is 0. The first-order chi connectivity index (χ1) is 6.29. The van der Waals surface area contributed by atoms with E-state index in [1.165, 1.54) is 0 Å². The zero-order valence-corrected chi connectivity index (χ0v) is 7.41. The van der Waals surface area contributed by atoms with Crippen LogP contribution in [0.5, 0.6) is 0 Å². The van der Waals surface area contributed by atoms with Crippen molar-refractivity contribution in [2.45, 2.75) is 19.2 Å². The van der Waals surface area contributed by atoms with Gasteiger partial charge in [-0.15, -0.1) is 0 Å². The van der Waals surface area contributed by atoms with Gasteiger partial charge in [-0.05, 0) is 24.1 Å². The van der Waals surface area contributed by atoms with Gasteiger partial charge in [0.2, 0.25) is 0 Å². The van der Waals surface area contributed by atoms with Crippen molar-refractivity contribution in [3.8, 4) is 0 Å². The Morgan fingerprint density at radius 2 is 2.08 bits per heavy atom. The lowest BCUT2D eigenvalue weighted by Crippen LogP contribution is -2.08. The van der Waals surface area contributed by atoms with Crippen molar-refractivity contribution in [3.63, 3.8) is 0 Å². The Morgan fingerprint density at radius 3 is 2.69 bits per heavy atom. The Kier molecular flexibility index (Phi) is 3.86. The molecule has 3 heteroatoms. The molecule has 0 bridgehead atoms. The summed E-state index contributed by atoms with van der Waals surface area (Å²) >= 11 is 0. The van der Waals surface area contributed by atoms with E-state index in [1.54, 1.807) is 24.3 Å². The number of nitrogens with two attached hydrogens (primary N) is 1. The average Bonchev–Trinajstić information content (AvgIpc) is 2.18. The van der Waals surface area contributed by atoms with Crippen LogP contribution in [0.1, 0.15) is 23.7 Å². The smallest absolute Gasteiger partial charge is 0.115 e. The first-order valence-corrected chi connectivity index (χ1v) is 4.31. The molecule has 1 aromatic carbocycles. The number of aliphatic hydroxyl groups excluding tert-OH is 1. The van der Waals surface area contributed by atoms with E-state index in [0.717, 1.165) is 0 Å². The van der Waals surface area contributed by atoms with Crippen LogP contribution in [0.15, 0.2) is 24.3 Å². The van der Waals surface area contributed by atoms with Gasteiger partial charge in [0.15, 0.2) is 0 Å². The van der Waals surface area contributed by atoms with Crippen LogP contribution >= 0.6 is 0 Å². The van der Waals surface area contributed by atoms with Crippen LogP contribution in [0.4, 0.5) is 4.39 Å². The molecule has 0 saturated carbocycles. The highest BCUT2D eigenvalue weighted by molar-refractivity contribution is 5.28. The van der Waals surface area contributed by atoms with Gasteiger partial charge in [-0.1, -0.05) is 24.3 Å². The third-order valence-electron chi connectivity index (χ3n) is 2.00. The number of hydrogen-bond acceptors (Lipinski definition) is 2. The predicted molar refractivity (Wildman–Crippen MR) is 49.9 cm³/mol. The van der Waals surface area contributed by atoms with E-state index in [-0.39, 0.29) is 0 Å². The van der Waals surface area contributed by atoms with Crippen molar-refractivity contribution in [2.75, 3.05) is 6.54 Å².